The van der Waals surface area contributed by atoms with Crippen LogP contribution in [0.2, 0.25) is 0 Å². The Morgan fingerprint density at radius 1 is 0.368 bits per heavy atom. The van der Waals surface area contributed by atoms with E-state index in [0.29, 0.717) is 47.6 Å². The summed E-state index contributed by atoms with van der Waals surface area (Å²) in [5, 5.41) is 94.2. The lowest BCUT2D eigenvalue weighted by Gasteiger charge is -2.17. The molecule has 0 fully saturated rings. The van der Waals surface area contributed by atoms with Crippen LogP contribution >= 0.6 is 21.6 Å². The number of unbranched alkanes of at least 4 members (excludes halogenated alkanes) is 6. The van der Waals surface area contributed by atoms with Gasteiger partial charge < -0.3 is 101 Å². The zero-order chi connectivity index (χ0) is 58.4. The number of carboxylic acids is 8. The van der Waals surface area contributed by atoms with E-state index in [2.05, 4.69) is 21.3 Å². The fourth-order valence-electron chi connectivity index (χ4n) is 5.60. The van der Waals surface area contributed by atoms with Gasteiger partial charge in [0.15, 0.2) is 23.0 Å². The van der Waals surface area contributed by atoms with Gasteiger partial charge >= 0.3 is 47.8 Å². The molecule has 0 heterocycles. The fraction of sp³-hybridized carbons (Fsp3) is 0.565. The predicted molar refractivity (Wildman–Crippen MR) is 277 cm³/mol. The van der Waals surface area contributed by atoms with E-state index in [9.17, 15) is 10.2 Å². The van der Waals surface area contributed by atoms with Crippen LogP contribution in [0.3, 0.4) is 0 Å². The van der Waals surface area contributed by atoms with Crippen molar-refractivity contribution in [3.05, 3.63) is 35.4 Å². The highest BCUT2D eigenvalue weighted by atomic mass is 33.1. The van der Waals surface area contributed by atoms with Crippen molar-refractivity contribution in [2.75, 3.05) is 107 Å². The number of nitrogens with one attached hydrogen (secondary N) is 4. The SMILES string of the molecule is COc1cc(C(O)CNCCCCCCNCCSSCCNCCCCCCNCC(O)c2cc(OC)c(OC)c(OC)c2)cc(OC)c1OC.O=C(O)C(=O)O.O=C(O)C(=O)O.O=C(O)C(=O)O.O=C(O)C(=O)O. The summed E-state index contributed by atoms with van der Waals surface area (Å²) in [5.41, 5.74) is 1.46. The normalized spacial score (nSPS) is 10.8. The third-order valence-electron chi connectivity index (χ3n) is 9.27. The van der Waals surface area contributed by atoms with Crippen LogP contribution in [-0.4, -0.2) is 205 Å². The second kappa shape index (κ2) is 47.0. The Morgan fingerprint density at radius 2 is 0.592 bits per heavy atom. The fourth-order valence-corrected chi connectivity index (χ4v) is 7.50. The van der Waals surface area contributed by atoms with Crippen molar-refractivity contribution in [2.24, 2.45) is 0 Å². The Labute approximate surface area is 447 Å². The Hall–Kier alpha value is -6.54. The van der Waals surface area contributed by atoms with Crippen LogP contribution in [0.25, 0.3) is 0 Å². The van der Waals surface area contributed by atoms with Crippen molar-refractivity contribution in [3.8, 4) is 34.5 Å². The number of carboxylic acid groups (broad SMARTS) is 8. The molecule has 0 saturated heterocycles. The second-order valence-electron chi connectivity index (χ2n) is 14.8. The molecular formula is C46H74N4O24S2. The highest BCUT2D eigenvalue weighted by Crippen LogP contribution is 2.40. The Bertz CT molecular complexity index is 1730. The largest absolute Gasteiger partial charge is 0.493 e. The van der Waals surface area contributed by atoms with E-state index >= 15 is 0 Å². The minimum Gasteiger partial charge on any atom is -0.493 e. The van der Waals surface area contributed by atoms with E-state index in [0.717, 1.165) is 74.7 Å². The van der Waals surface area contributed by atoms with Gasteiger partial charge in [-0.25, -0.2) is 38.4 Å². The van der Waals surface area contributed by atoms with Gasteiger partial charge in [0.25, 0.3) is 0 Å². The van der Waals surface area contributed by atoms with Crippen LogP contribution in [-0.2, 0) is 38.4 Å². The maximum absolute atomic E-state index is 10.6. The zero-order valence-electron chi connectivity index (χ0n) is 43.2. The number of aliphatic hydroxyl groups excluding tert-OH is 2. The molecule has 434 valence electrons. The number of benzene rings is 2. The molecule has 0 spiro atoms. The van der Waals surface area contributed by atoms with Crippen LogP contribution in [0, 0.1) is 0 Å². The van der Waals surface area contributed by atoms with Crippen molar-refractivity contribution >= 4 is 69.3 Å². The third-order valence-corrected chi connectivity index (χ3v) is 11.7. The van der Waals surface area contributed by atoms with Crippen LogP contribution in [0.15, 0.2) is 24.3 Å². The second-order valence-corrected chi connectivity index (χ2v) is 17.5. The summed E-state index contributed by atoms with van der Waals surface area (Å²) in [6.45, 7) is 6.92. The molecule has 0 aromatic heterocycles. The third kappa shape index (κ3) is 38.1. The van der Waals surface area contributed by atoms with Crippen LogP contribution in [0.5, 0.6) is 34.5 Å². The number of ether oxygens (including phenoxy) is 6. The standard InChI is InChI=1S/C38H66N4O8S2.4C2H2O4/c1-45-33-23-29(24-34(46-2)37(33)49-5)31(43)27-41-17-13-9-7-11-15-39-19-21-51-52-22-20-40-16-12-8-10-14-18-42-28-32(44)30-25-35(47-3)38(50-6)36(26-30)48-4;4*3-1(4)2(5)6/h23-26,31-32,39-44H,7-22,27-28H2,1-6H3;4*(H,3,4)(H,5,6). The first-order valence-electron chi connectivity index (χ1n) is 22.9. The minimum atomic E-state index is -1.82. The maximum atomic E-state index is 10.6. The zero-order valence-corrected chi connectivity index (χ0v) is 44.8. The predicted octanol–water partition coefficient (Wildman–Crippen LogP) is 1.99. The molecule has 76 heavy (non-hydrogen) atoms. The molecule has 30 heteroatoms. The molecular weight excluding hydrogens is 1060 g/mol. The summed E-state index contributed by atoms with van der Waals surface area (Å²) >= 11 is 0. The quantitative estimate of drug-likeness (QED) is 0.0276. The lowest BCUT2D eigenvalue weighted by Crippen LogP contribution is -2.23. The molecule has 0 radical (unpaired) electrons. The number of aliphatic carboxylic acids is 8. The van der Waals surface area contributed by atoms with Crippen molar-refractivity contribution < 1.29 is 118 Å². The molecule has 14 N–H and O–H groups in total. The maximum Gasteiger partial charge on any atom is 0.414 e. The number of rotatable bonds is 33. The van der Waals surface area contributed by atoms with Gasteiger partial charge in [-0.05, 0) is 87.3 Å². The van der Waals surface area contributed by atoms with Crippen molar-refractivity contribution in [1.29, 1.82) is 0 Å². The molecule has 0 saturated carbocycles. The molecule has 0 amide bonds. The first-order chi connectivity index (χ1) is 36.0. The Kier molecular flexibility index (Phi) is 45.5. The van der Waals surface area contributed by atoms with E-state index in [1.165, 1.54) is 38.5 Å². The average molecular weight is 1130 g/mol. The van der Waals surface area contributed by atoms with E-state index < -0.39 is 60.0 Å². The highest BCUT2D eigenvalue weighted by molar-refractivity contribution is 8.76. The summed E-state index contributed by atoms with van der Waals surface area (Å²) in [7, 11) is 13.3. The summed E-state index contributed by atoms with van der Waals surface area (Å²) < 4.78 is 32.3. The van der Waals surface area contributed by atoms with E-state index in [1.54, 1.807) is 66.9 Å². The monoisotopic (exact) mass is 1130 g/mol. The lowest BCUT2D eigenvalue weighted by molar-refractivity contribution is -0.159. The molecule has 28 nitrogen and oxygen atoms in total. The summed E-state index contributed by atoms with van der Waals surface area (Å²) in [4.78, 5) is 72.8. The van der Waals surface area contributed by atoms with Gasteiger partial charge in [0.05, 0.1) is 54.9 Å². The number of hydrogen-bond donors (Lipinski definition) is 14. The molecule has 2 aromatic rings. The number of hydrogen-bond acceptors (Lipinski definition) is 22. The topological polar surface area (TPSA) is 442 Å². The van der Waals surface area contributed by atoms with Crippen LogP contribution in [0.1, 0.15) is 74.7 Å². The van der Waals surface area contributed by atoms with Gasteiger partial charge in [-0.15, -0.1) is 0 Å². The highest BCUT2D eigenvalue weighted by Gasteiger charge is 2.19. The Balaban J connectivity index is -0.00000182. The average Bonchev–Trinajstić information content (AvgIpc) is 3.39. The van der Waals surface area contributed by atoms with E-state index in [4.69, 9.17) is 108 Å². The molecule has 2 rings (SSSR count). The van der Waals surface area contributed by atoms with Crippen LogP contribution in [0.4, 0.5) is 0 Å². The first kappa shape index (κ1) is 73.7. The van der Waals surface area contributed by atoms with E-state index in [1.807, 2.05) is 21.6 Å². The van der Waals surface area contributed by atoms with Gasteiger partial charge in [0, 0.05) is 37.7 Å². The van der Waals surface area contributed by atoms with Crippen LogP contribution < -0.4 is 49.7 Å². The summed E-state index contributed by atoms with van der Waals surface area (Å²) in [6.07, 6.45) is 8.00. The van der Waals surface area contributed by atoms with Crippen molar-refractivity contribution in [3.63, 3.8) is 0 Å². The lowest BCUT2D eigenvalue weighted by atomic mass is 10.1. The van der Waals surface area contributed by atoms with Gasteiger partial charge in [-0.2, -0.15) is 0 Å². The first-order valence-corrected chi connectivity index (χ1v) is 25.4. The Morgan fingerprint density at radius 3 is 0.789 bits per heavy atom. The number of aliphatic hydroxyl groups is 2. The van der Waals surface area contributed by atoms with Crippen molar-refractivity contribution in [2.45, 2.75) is 63.6 Å². The molecule has 2 unspecified atom stereocenters. The number of methoxy groups -OCH3 is 6. The summed E-state index contributed by atoms with van der Waals surface area (Å²) in [6, 6.07) is 7.16. The van der Waals surface area contributed by atoms with Gasteiger partial charge in [0.1, 0.15) is 0 Å². The molecule has 0 aliphatic rings. The summed E-state index contributed by atoms with van der Waals surface area (Å²) in [5.74, 6) is -9.13. The molecule has 0 aliphatic carbocycles. The van der Waals surface area contributed by atoms with Gasteiger partial charge in [-0.1, -0.05) is 47.3 Å². The smallest absolute Gasteiger partial charge is 0.414 e. The number of carbonyl (C=O) groups is 8. The molecule has 0 aliphatic heterocycles. The van der Waals surface area contributed by atoms with E-state index in [-0.39, 0.29) is 0 Å². The minimum absolute atomic E-state index is 0.473. The van der Waals surface area contributed by atoms with Crippen molar-refractivity contribution in [1.82, 2.24) is 21.3 Å². The molecule has 2 atom stereocenters. The van der Waals surface area contributed by atoms with Gasteiger partial charge in [-0.3, -0.25) is 0 Å². The molecule has 0 bridgehead atoms. The molecule has 2 aromatic carbocycles. The van der Waals surface area contributed by atoms with Gasteiger partial charge in [0.2, 0.25) is 11.5 Å².